The number of sulfonamides is 1. The fourth-order valence-corrected chi connectivity index (χ4v) is 4.41. The van der Waals surface area contributed by atoms with Crippen molar-refractivity contribution in [3.63, 3.8) is 0 Å². The number of rotatable bonds is 7. The number of benzene rings is 1. The van der Waals surface area contributed by atoms with Crippen molar-refractivity contribution < 1.29 is 12.8 Å². The monoisotopic (exact) mass is 314 g/mol. The molecule has 0 bridgehead atoms. The summed E-state index contributed by atoms with van der Waals surface area (Å²) in [6.45, 7) is 4.40. The van der Waals surface area contributed by atoms with Crippen molar-refractivity contribution in [3.05, 3.63) is 29.1 Å². The highest BCUT2D eigenvalue weighted by atomic mass is 32.2. The lowest BCUT2D eigenvalue weighted by Gasteiger charge is -2.22. The van der Waals surface area contributed by atoms with E-state index >= 15 is 0 Å². The number of hydrogen-bond donors (Lipinski definition) is 1. The average Bonchev–Trinajstić information content (AvgIpc) is 3.25. The van der Waals surface area contributed by atoms with Crippen molar-refractivity contribution >= 4 is 10.0 Å². The Morgan fingerprint density at radius 2 is 2.05 bits per heavy atom. The molecule has 0 amide bonds. The second-order valence-corrected chi connectivity index (χ2v) is 7.48. The minimum atomic E-state index is -3.54. The summed E-state index contributed by atoms with van der Waals surface area (Å²) in [5.41, 5.74) is 0.761. The van der Waals surface area contributed by atoms with Crippen LogP contribution in [0.3, 0.4) is 0 Å². The van der Waals surface area contributed by atoms with Gasteiger partial charge in [0.1, 0.15) is 5.82 Å². The Bertz CT molecular complexity index is 612. The van der Waals surface area contributed by atoms with E-state index in [1.807, 2.05) is 6.92 Å². The molecular formula is C15H23FN2O2S. The Morgan fingerprint density at radius 3 is 2.57 bits per heavy atom. The number of aryl methyl sites for hydroxylation is 1. The molecule has 1 saturated carbocycles. The molecular weight excluding hydrogens is 291 g/mol. The molecule has 0 aromatic heterocycles. The lowest BCUT2D eigenvalue weighted by Crippen LogP contribution is -2.34. The molecule has 4 nitrogen and oxygen atoms in total. The number of hydrogen-bond acceptors (Lipinski definition) is 3. The third kappa shape index (κ3) is 3.44. The molecule has 1 fully saturated rings. The Hall–Kier alpha value is -0.980. The fourth-order valence-electron chi connectivity index (χ4n) is 2.49. The van der Waals surface area contributed by atoms with Crippen LogP contribution in [0.4, 0.5) is 4.39 Å². The third-order valence-electron chi connectivity index (χ3n) is 3.68. The average molecular weight is 314 g/mol. The van der Waals surface area contributed by atoms with E-state index in [0.29, 0.717) is 24.2 Å². The fraction of sp³-hybridized carbons (Fsp3) is 0.600. The van der Waals surface area contributed by atoms with E-state index < -0.39 is 10.0 Å². The van der Waals surface area contributed by atoms with Crippen LogP contribution in [0.25, 0.3) is 0 Å². The predicted octanol–water partition coefficient (Wildman–Crippen LogP) is 2.42. The Morgan fingerprint density at radius 1 is 1.38 bits per heavy atom. The first-order chi connectivity index (χ1) is 9.91. The molecule has 6 heteroatoms. The predicted molar refractivity (Wildman–Crippen MR) is 81.1 cm³/mol. The first-order valence-electron chi connectivity index (χ1n) is 7.37. The largest absolute Gasteiger partial charge is 0.316 e. The highest BCUT2D eigenvalue weighted by Crippen LogP contribution is 2.33. The van der Waals surface area contributed by atoms with Gasteiger partial charge in [0.25, 0.3) is 0 Å². The third-order valence-corrected chi connectivity index (χ3v) is 5.60. The van der Waals surface area contributed by atoms with Crippen LogP contribution in [-0.2, 0) is 16.6 Å². The first kappa shape index (κ1) is 16.4. The van der Waals surface area contributed by atoms with Crippen LogP contribution in [0, 0.1) is 12.7 Å². The lowest BCUT2D eigenvalue weighted by atomic mass is 10.1. The van der Waals surface area contributed by atoms with Gasteiger partial charge in [-0.25, -0.2) is 12.8 Å². The summed E-state index contributed by atoms with van der Waals surface area (Å²) in [6.07, 6.45) is 2.62. The SMILES string of the molecule is CCCN(C1CC1)S(=O)(=O)c1cc(C)c(F)c(CNC)c1. The van der Waals surface area contributed by atoms with Crippen molar-refractivity contribution in [2.24, 2.45) is 0 Å². The Labute approximate surface area is 126 Å². The van der Waals surface area contributed by atoms with E-state index in [1.165, 1.54) is 12.1 Å². The van der Waals surface area contributed by atoms with Gasteiger partial charge in [0.05, 0.1) is 4.90 Å². The van der Waals surface area contributed by atoms with Gasteiger partial charge in [-0.05, 0) is 50.9 Å². The van der Waals surface area contributed by atoms with E-state index in [-0.39, 0.29) is 16.8 Å². The van der Waals surface area contributed by atoms with Crippen molar-refractivity contribution in [2.75, 3.05) is 13.6 Å². The molecule has 118 valence electrons. The van der Waals surface area contributed by atoms with Crippen LogP contribution in [0.1, 0.15) is 37.3 Å². The molecule has 1 aliphatic rings. The lowest BCUT2D eigenvalue weighted by molar-refractivity contribution is 0.403. The van der Waals surface area contributed by atoms with Crippen LogP contribution in [0.15, 0.2) is 17.0 Å². The maximum absolute atomic E-state index is 14.0. The van der Waals surface area contributed by atoms with Crippen LogP contribution >= 0.6 is 0 Å². The van der Waals surface area contributed by atoms with Gasteiger partial charge in [-0.1, -0.05) is 6.92 Å². The second kappa shape index (κ2) is 6.42. The number of halogens is 1. The van der Waals surface area contributed by atoms with Gasteiger partial charge in [-0.3, -0.25) is 0 Å². The summed E-state index contributed by atoms with van der Waals surface area (Å²) in [7, 11) is -1.83. The molecule has 0 spiro atoms. The molecule has 1 aliphatic carbocycles. The van der Waals surface area contributed by atoms with Gasteiger partial charge in [-0.2, -0.15) is 4.31 Å². The first-order valence-corrected chi connectivity index (χ1v) is 8.81. The van der Waals surface area contributed by atoms with E-state index in [2.05, 4.69) is 5.32 Å². The van der Waals surface area contributed by atoms with E-state index in [9.17, 15) is 12.8 Å². The zero-order chi connectivity index (χ0) is 15.6. The molecule has 1 aromatic carbocycles. The van der Waals surface area contributed by atoms with Crippen molar-refractivity contribution in [2.45, 2.75) is 50.6 Å². The minimum Gasteiger partial charge on any atom is -0.316 e. The highest BCUT2D eigenvalue weighted by molar-refractivity contribution is 7.89. The van der Waals surface area contributed by atoms with E-state index in [1.54, 1.807) is 18.3 Å². The maximum atomic E-state index is 14.0. The quantitative estimate of drug-likeness (QED) is 0.841. The van der Waals surface area contributed by atoms with Crippen LogP contribution in [0.2, 0.25) is 0 Å². The van der Waals surface area contributed by atoms with E-state index in [0.717, 1.165) is 19.3 Å². The summed E-state index contributed by atoms with van der Waals surface area (Å²) < 4.78 is 41.2. The summed E-state index contributed by atoms with van der Waals surface area (Å²) in [5, 5.41) is 2.87. The second-order valence-electron chi connectivity index (χ2n) is 5.59. The zero-order valence-corrected chi connectivity index (χ0v) is 13.6. The summed E-state index contributed by atoms with van der Waals surface area (Å²) >= 11 is 0. The van der Waals surface area contributed by atoms with Gasteiger partial charge in [-0.15, -0.1) is 0 Å². The normalized spacial score (nSPS) is 15.7. The Kier molecular flexibility index (Phi) is 5.01. The molecule has 2 rings (SSSR count). The van der Waals surface area contributed by atoms with Crippen molar-refractivity contribution in [1.29, 1.82) is 0 Å². The van der Waals surface area contributed by atoms with Gasteiger partial charge in [0.15, 0.2) is 0 Å². The molecule has 0 unspecified atom stereocenters. The summed E-state index contributed by atoms with van der Waals surface area (Å²) in [5.74, 6) is -0.336. The maximum Gasteiger partial charge on any atom is 0.243 e. The topological polar surface area (TPSA) is 49.4 Å². The van der Waals surface area contributed by atoms with Crippen LogP contribution in [-0.4, -0.2) is 32.4 Å². The number of nitrogens with zero attached hydrogens (tertiary/aromatic N) is 1. The van der Waals surface area contributed by atoms with Crippen molar-refractivity contribution in [3.8, 4) is 0 Å². The van der Waals surface area contributed by atoms with Crippen LogP contribution < -0.4 is 5.32 Å². The van der Waals surface area contributed by atoms with E-state index in [4.69, 9.17) is 0 Å². The Balaban J connectivity index is 2.43. The van der Waals surface area contributed by atoms with Crippen molar-refractivity contribution in [1.82, 2.24) is 9.62 Å². The van der Waals surface area contributed by atoms with Gasteiger partial charge >= 0.3 is 0 Å². The molecule has 0 atom stereocenters. The van der Waals surface area contributed by atoms with Crippen LogP contribution in [0.5, 0.6) is 0 Å². The van der Waals surface area contributed by atoms with Gasteiger partial charge in [0.2, 0.25) is 10.0 Å². The molecule has 0 saturated heterocycles. The zero-order valence-electron chi connectivity index (χ0n) is 12.8. The molecule has 0 aliphatic heterocycles. The highest BCUT2D eigenvalue weighted by Gasteiger charge is 2.37. The molecule has 1 N–H and O–H groups in total. The molecule has 0 radical (unpaired) electrons. The van der Waals surface area contributed by atoms with Gasteiger partial charge < -0.3 is 5.32 Å². The standard InChI is InChI=1S/C15H23FN2O2S/c1-4-7-18(13-5-6-13)21(19,20)14-8-11(2)15(16)12(9-14)10-17-3/h8-9,13,17H,4-7,10H2,1-3H3. The molecule has 21 heavy (non-hydrogen) atoms. The summed E-state index contributed by atoms with van der Waals surface area (Å²) in [6, 6.07) is 3.02. The summed E-state index contributed by atoms with van der Waals surface area (Å²) in [4.78, 5) is 0.201. The smallest absolute Gasteiger partial charge is 0.243 e. The molecule has 0 heterocycles. The molecule has 1 aromatic rings. The van der Waals surface area contributed by atoms with Gasteiger partial charge in [0, 0.05) is 24.7 Å². The minimum absolute atomic E-state index is 0.119. The number of nitrogens with one attached hydrogen (secondary N) is 1.